The average Bonchev–Trinajstić information content (AvgIpc) is 2.57. The number of amides is 2. The van der Waals surface area contributed by atoms with Gasteiger partial charge in [0.25, 0.3) is 5.91 Å². The maximum absolute atomic E-state index is 13.1. The molecule has 140 valence electrons. The Kier molecular flexibility index (Phi) is 4.67. The first kappa shape index (κ1) is 17.8. The molecule has 26 heavy (non-hydrogen) atoms. The van der Waals surface area contributed by atoms with Crippen molar-refractivity contribution in [3.05, 3.63) is 28.5 Å². The van der Waals surface area contributed by atoms with Gasteiger partial charge in [-0.3, -0.25) is 20.4 Å². The lowest BCUT2D eigenvalue weighted by Crippen LogP contribution is -2.57. The van der Waals surface area contributed by atoms with Gasteiger partial charge in [0.1, 0.15) is 11.6 Å². The van der Waals surface area contributed by atoms with Crippen molar-refractivity contribution in [3.8, 4) is 5.75 Å². The minimum absolute atomic E-state index is 0.0621. The fraction of sp³-hybridized carbons (Fsp3) is 0.579. The number of hydrogen-bond acceptors (Lipinski definition) is 3. The molecule has 2 N–H and O–H groups in total. The van der Waals surface area contributed by atoms with Gasteiger partial charge in [0.2, 0.25) is 5.91 Å². The number of ether oxygens (including phenoxy) is 1. The van der Waals surface area contributed by atoms with Gasteiger partial charge in [0.05, 0.1) is 9.89 Å². The Morgan fingerprint density at radius 3 is 2.31 bits per heavy atom. The zero-order valence-electron chi connectivity index (χ0n) is 14.4. The van der Waals surface area contributed by atoms with E-state index in [1.807, 2.05) is 0 Å². The van der Waals surface area contributed by atoms with Crippen LogP contribution < -0.4 is 15.6 Å². The van der Waals surface area contributed by atoms with Crippen LogP contribution in [0, 0.1) is 29.0 Å². The highest BCUT2D eigenvalue weighted by molar-refractivity contribution is 9.10. The normalized spacial score (nSPS) is 31.5. The van der Waals surface area contributed by atoms with Crippen molar-refractivity contribution in [1.82, 2.24) is 10.9 Å². The molecule has 4 saturated carbocycles. The van der Waals surface area contributed by atoms with E-state index in [2.05, 4.69) is 26.8 Å². The standard InChI is InChI=1S/C19H22BrFN2O3/c20-15-6-14(21)1-2-16(15)26-10-17(24)22-23-18(25)19-7-11-3-12(8-19)5-13(4-11)9-19/h1-2,6,11-13H,3-5,7-10H2,(H,22,24)(H,23,25). The van der Waals surface area contributed by atoms with Gasteiger partial charge >= 0.3 is 0 Å². The van der Waals surface area contributed by atoms with E-state index in [0.29, 0.717) is 28.0 Å². The molecule has 0 spiro atoms. The van der Waals surface area contributed by atoms with Crippen LogP contribution in [0.2, 0.25) is 0 Å². The molecule has 0 unspecified atom stereocenters. The van der Waals surface area contributed by atoms with Crippen molar-refractivity contribution in [2.24, 2.45) is 23.2 Å². The molecule has 4 bridgehead atoms. The number of benzene rings is 1. The Labute approximate surface area is 160 Å². The molecule has 4 aliphatic rings. The van der Waals surface area contributed by atoms with E-state index >= 15 is 0 Å². The molecular formula is C19H22BrFN2O3. The quantitative estimate of drug-likeness (QED) is 0.728. The van der Waals surface area contributed by atoms with E-state index < -0.39 is 11.7 Å². The van der Waals surface area contributed by atoms with Crippen molar-refractivity contribution in [2.75, 3.05) is 6.61 Å². The Hall–Kier alpha value is -1.63. The minimum Gasteiger partial charge on any atom is -0.483 e. The summed E-state index contributed by atoms with van der Waals surface area (Å²) < 4.78 is 18.8. The molecule has 0 atom stereocenters. The molecule has 1 aromatic rings. The van der Waals surface area contributed by atoms with Crippen LogP contribution in [0.15, 0.2) is 22.7 Å². The van der Waals surface area contributed by atoms with Crippen LogP contribution in [-0.2, 0) is 9.59 Å². The lowest BCUT2D eigenvalue weighted by molar-refractivity contribution is -0.149. The van der Waals surface area contributed by atoms with Crippen LogP contribution in [0.5, 0.6) is 5.75 Å². The van der Waals surface area contributed by atoms with Gasteiger partial charge in [-0.1, -0.05) is 0 Å². The lowest BCUT2D eigenvalue weighted by atomic mass is 9.49. The third-order valence-corrected chi connectivity index (χ3v) is 6.71. The van der Waals surface area contributed by atoms with E-state index in [1.165, 1.54) is 37.5 Å². The molecule has 0 radical (unpaired) electrons. The van der Waals surface area contributed by atoms with Crippen molar-refractivity contribution in [2.45, 2.75) is 38.5 Å². The summed E-state index contributed by atoms with van der Waals surface area (Å²) in [5, 5.41) is 0. The van der Waals surface area contributed by atoms with Gasteiger partial charge in [-0.15, -0.1) is 0 Å². The Bertz CT molecular complexity index is 704. The van der Waals surface area contributed by atoms with Crippen LogP contribution in [0.4, 0.5) is 4.39 Å². The molecule has 0 aromatic heterocycles. The second kappa shape index (κ2) is 6.83. The summed E-state index contributed by atoms with van der Waals surface area (Å²) in [5.41, 5.74) is 4.76. The maximum Gasteiger partial charge on any atom is 0.276 e. The SMILES string of the molecule is O=C(COc1ccc(F)cc1Br)NNC(=O)C12CC3CC(CC(C3)C1)C2. The smallest absolute Gasteiger partial charge is 0.276 e. The number of hydrazine groups is 1. The molecule has 4 aliphatic carbocycles. The molecule has 2 amide bonds. The topological polar surface area (TPSA) is 67.4 Å². The second-order valence-corrected chi connectivity index (χ2v) is 8.92. The van der Waals surface area contributed by atoms with Crippen LogP contribution in [0.3, 0.4) is 0 Å². The fourth-order valence-electron chi connectivity index (χ4n) is 5.42. The van der Waals surface area contributed by atoms with Crippen LogP contribution in [0.1, 0.15) is 38.5 Å². The summed E-state index contributed by atoms with van der Waals surface area (Å²) in [4.78, 5) is 24.7. The van der Waals surface area contributed by atoms with Gasteiger partial charge in [-0.2, -0.15) is 0 Å². The number of carbonyl (C=O) groups excluding carboxylic acids is 2. The van der Waals surface area contributed by atoms with E-state index in [0.717, 1.165) is 19.3 Å². The maximum atomic E-state index is 13.1. The van der Waals surface area contributed by atoms with Crippen LogP contribution in [0.25, 0.3) is 0 Å². The van der Waals surface area contributed by atoms with Crippen molar-refractivity contribution in [1.29, 1.82) is 0 Å². The summed E-state index contributed by atoms with van der Waals surface area (Å²) in [6, 6.07) is 3.97. The first-order chi connectivity index (χ1) is 12.4. The van der Waals surface area contributed by atoms with Crippen molar-refractivity contribution in [3.63, 3.8) is 0 Å². The second-order valence-electron chi connectivity index (χ2n) is 8.06. The van der Waals surface area contributed by atoms with Crippen LogP contribution in [-0.4, -0.2) is 18.4 Å². The summed E-state index contributed by atoms with van der Waals surface area (Å²) in [6.07, 6.45) is 6.62. The van der Waals surface area contributed by atoms with Gasteiger partial charge in [0, 0.05) is 0 Å². The number of rotatable bonds is 4. The molecule has 5 nitrogen and oxygen atoms in total. The minimum atomic E-state index is -0.445. The van der Waals surface area contributed by atoms with Crippen molar-refractivity contribution >= 4 is 27.7 Å². The first-order valence-corrected chi connectivity index (χ1v) is 9.90. The summed E-state index contributed by atoms with van der Waals surface area (Å²) in [6.45, 7) is -0.259. The molecule has 4 fully saturated rings. The molecular weight excluding hydrogens is 403 g/mol. The monoisotopic (exact) mass is 424 g/mol. The molecule has 0 aliphatic heterocycles. The molecule has 0 saturated heterocycles. The predicted octanol–water partition coefficient (Wildman–Crippen LogP) is 3.33. The van der Waals surface area contributed by atoms with E-state index in [9.17, 15) is 14.0 Å². The van der Waals surface area contributed by atoms with E-state index in [4.69, 9.17) is 4.74 Å². The molecule has 1 aromatic carbocycles. The van der Waals surface area contributed by atoms with E-state index in [1.54, 1.807) is 0 Å². The predicted molar refractivity (Wildman–Crippen MR) is 96.5 cm³/mol. The van der Waals surface area contributed by atoms with Gasteiger partial charge in [-0.05, 0) is 90.4 Å². The first-order valence-electron chi connectivity index (χ1n) is 9.11. The highest BCUT2D eigenvalue weighted by Crippen LogP contribution is 2.60. The van der Waals surface area contributed by atoms with Crippen molar-refractivity contribution < 1.29 is 18.7 Å². The van der Waals surface area contributed by atoms with Crippen LogP contribution >= 0.6 is 15.9 Å². The number of carbonyl (C=O) groups is 2. The summed E-state index contributed by atoms with van der Waals surface area (Å²) in [5.74, 6) is 1.48. The zero-order valence-corrected chi connectivity index (χ0v) is 16.0. The number of hydrogen-bond donors (Lipinski definition) is 2. The molecule has 7 heteroatoms. The number of halogens is 2. The highest BCUT2D eigenvalue weighted by Gasteiger charge is 2.54. The average molecular weight is 425 g/mol. The molecule has 5 rings (SSSR count). The fourth-order valence-corrected chi connectivity index (χ4v) is 5.88. The Balaban J connectivity index is 1.28. The molecule has 0 heterocycles. The van der Waals surface area contributed by atoms with Gasteiger partial charge in [0.15, 0.2) is 6.61 Å². The Morgan fingerprint density at radius 2 is 1.73 bits per heavy atom. The van der Waals surface area contributed by atoms with Gasteiger partial charge in [-0.25, -0.2) is 4.39 Å². The van der Waals surface area contributed by atoms with Gasteiger partial charge < -0.3 is 4.74 Å². The summed E-state index contributed by atoms with van der Waals surface area (Å²) in [7, 11) is 0. The lowest BCUT2D eigenvalue weighted by Gasteiger charge is -2.55. The highest BCUT2D eigenvalue weighted by atomic mass is 79.9. The number of nitrogens with one attached hydrogen (secondary N) is 2. The third kappa shape index (κ3) is 3.46. The largest absolute Gasteiger partial charge is 0.483 e. The van der Waals surface area contributed by atoms with E-state index in [-0.39, 0.29) is 17.9 Å². The Morgan fingerprint density at radius 1 is 1.12 bits per heavy atom. The third-order valence-electron chi connectivity index (χ3n) is 6.09. The zero-order chi connectivity index (χ0) is 18.3. The summed E-state index contributed by atoms with van der Waals surface area (Å²) >= 11 is 3.18.